The highest BCUT2D eigenvalue weighted by atomic mass is 32.2. The predicted octanol–water partition coefficient (Wildman–Crippen LogP) is 3.89. The van der Waals surface area contributed by atoms with Gasteiger partial charge in [0, 0.05) is 31.0 Å². The van der Waals surface area contributed by atoms with Crippen LogP contribution < -0.4 is 16.0 Å². The summed E-state index contributed by atoms with van der Waals surface area (Å²) in [5, 5.41) is 9.00. The third-order valence-electron chi connectivity index (χ3n) is 6.12. The van der Waals surface area contributed by atoms with E-state index in [1.807, 2.05) is 42.5 Å². The minimum atomic E-state index is -3.49. The molecule has 2 amide bonds. The van der Waals surface area contributed by atoms with Gasteiger partial charge in [-0.25, -0.2) is 13.2 Å². The van der Waals surface area contributed by atoms with E-state index in [0.29, 0.717) is 12.2 Å². The Hall–Kier alpha value is -3.36. The number of sulfone groups is 1. The molecule has 0 saturated heterocycles. The van der Waals surface area contributed by atoms with Crippen LogP contribution in [-0.2, 0) is 28.7 Å². The van der Waals surface area contributed by atoms with Crippen LogP contribution in [-0.4, -0.2) is 32.9 Å². The molecule has 2 heterocycles. The van der Waals surface area contributed by atoms with Gasteiger partial charge < -0.3 is 16.0 Å². The first-order valence-corrected chi connectivity index (χ1v) is 12.5. The molecule has 3 aromatic carbocycles. The van der Waals surface area contributed by atoms with Crippen LogP contribution in [0.2, 0.25) is 0 Å². The first-order chi connectivity index (χ1) is 15.9. The Kier molecular flexibility index (Phi) is 5.55. The van der Waals surface area contributed by atoms with E-state index in [-0.39, 0.29) is 22.7 Å². The Morgan fingerprint density at radius 1 is 1.03 bits per heavy atom. The van der Waals surface area contributed by atoms with E-state index in [4.69, 9.17) is 0 Å². The molecule has 5 rings (SSSR count). The van der Waals surface area contributed by atoms with Crippen molar-refractivity contribution in [2.24, 2.45) is 0 Å². The summed E-state index contributed by atoms with van der Waals surface area (Å²) in [6.07, 6.45) is 0. The lowest BCUT2D eigenvalue weighted by Crippen LogP contribution is -2.33. The van der Waals surface area contributed by atoms with Gasteiger partial charge >= 0.3 is 6.03 Å². The number of para-hydroxylation sites is 1. The number of hydrogen-bond acceptors (Lipinski definition) is 5. The zero-order chi connectivity index (χ0) is 23.0. The Bertz CT molecular complexity index is 1310. The van der Waals surface area contributed by atoms with Gasteiger partial charge in [-0.1, -0.05) is 36.4 Å². The fraction of sp³-hybridized carbons (Fsp3) is 0.240. The third kappa shape index (κ3) is 4.58. The van der Waals surface area contributed by atoms with Crippen molar-refractivity contribution in [3.8, 4) is 0 Å². The molecule has 1 atom stereocenters. The summed E-state index contributed by atoms with van der Waals surface area (Å²) in [6.45, 7) is 2.37. The molecule has 3 N–H and O–H groups in total. The third-order valence-corrected chi connectivity index (χ3v) is 7.82. The van der Waals surface area contributed by atoms with Gasteiger partial charge in [-0.3, -0.25) is 4.90 Å². The molecule has 170 valence electrons. The van der Waals surface area contributed by atoms with E-state index in [9.17, 15) is 13.2 Å². The van der Waals surface area contributed by atoms with E-state index < -0.39 is 9.84 Å². The number of hydrogen-bond donors (Lipinski definition) is 3. The lowest BCUT2D eigenvalue weighted by Gasteiger charge is -2.14. The van der Waals surface area contributed by atoms with Crippen molar-refractivity contribution >= 4 is 27.2 Å². The number of anilines is 2. The maximum Gasteiger partial charge on any atom is 0.319 e. The van der Waals surface area contributed by atoms with Gasteiger partial charge in [0.2, 0.25) is 0 Å². The van der Waals surface area contributed by atoms with Crippen LogP contribution >= 0.6 is 0 Å². The second-order valence-electron chi connectivity index (χ2n) is 8.68. The maximum absolute atomic E-state index is 12.9. The number of amides is 2. The highest BCUT2D eigenvalue weighted by Gasteiger charge is 2.23. The highest BCUT2D eigenvalue weighted by molar-refractivity contribution is 7.90. The van der Waals surface area contributed by atoms with Crippen LogP contribution in [0.25, 0.3) is 0 Å². The molecular weight excluding hydrogens is 436 g/mol. The number of carbonyl (C=O) groups is 1. The number of urea groups is 1. The highest BCUT2D eigenvalue weighted by Crippen LogP contribution is 2.29. The fourth-order valence-electron chi connectivity index (χ4n) is 4.49. The molecule has 7 nitrogen and oxygen atoms in total. The molecular formula is C25H26N4O3S. The molecule has 0 bridgehead atoms. The molecule has 3 aromatic rings. The monoisotopic (exact) mass is 462 g/mol. The molecule has 0 aliphatic carbocycles. The molecule has 0 aromatic heterocycles. The van der Waals surface area contributed by atoms with Crippen molar-refractivity contribution in [3.63, 3.8) is 0 Å². The second-order valence-corrected chi connectivity index (χ2v) is 10.7. The van der Waals surface area contributed by atoms with Crippen LogP contribution in [0, 0.1) is 0 Å². The Morgan fingerprint density at radius 3 is 2.61 bits per heavy atom. The maximum atomic E-state index is 12.9. The zero-order valence-electron chi connectivity index (χ0n) is 18.3. The predicted molar refractivity (Wildman–Crippen MR) is 129 cm³/mol. The summed E-state index contributed by atoms with van der Waals surface area (Å²) in [5.41, 5.74) is 5.84. The van der Waals surface area contributed by atoms with E-state index in [0.717, 1.165) is 29.9 Å². The minimum absolute atomic E-state index is 0.0503. The molecule has 0 spiro atoms. The topological polar surface area (TPSA) is 90.5 Å². The summed E-state index contributed by atoms with van der Waals surface area (Å²) in [5.74, 6) is -0.0503. The van der Waals surface area contributed by atoms with E-state index in [1.165, 1.54) is 11.1 Å². The smallest absolute Gasteiger partial charge is 0.319 e. The van der Waals surface area contributed by atoms with Crippen LogP contribution in [0.4, 0.5) is 16.2 Å². The second kappa shape index (κ2) is 8.53. The van der Waals surface area contributed by atoms with Gasteiger partial charge in [-0.2, -0.15) is 0 Å². The summed E-state index contributed by atoms with van der Waals surface area (Å²) in [7, 11) is -1.44. The van der Waals surface area contributed by atoms with Crippen LogP contribution in [0.3, 0.4) is 0 Å². The first-order valence-electron chi connectivity index (χ1n) is 10.9. The molecule has 8 heteroatoms. The average Bonchev–Trinajstić information content (AvgIpc) is 3.36. The molecule has 1 unspecified atom stereocenters. The summed E-state index contributed by atoms with van der Waals surface area (Å²) < 4.78 is 25.9. The van der Waals surface area contributed by atoms with Crippen LogP contribution in [0.1, 0.15) is 28.3 Å². The molecule has 33 heavy (non-hydrogen) atoms. The van der Waals surface area contributed by atoms with Crippen molar-refractivity contribution in [2.45, 2.75) is 29.8 Å². The van der Waals surface area contributed by atoms with E-state index in [2.05, 4.69) is 27.9 Å². The summed E-state index contributed by atoms with van der Waals surface area (Å²) >= 11 is 0. The minimum Gasteiger partial charge on any atom is -0.382 e. The Morgan fingerprint density at radius 2 is 1.79 bits per heavy atom. The number of nitrogens with zero attached hydrogens (tertiary/aromatic N) is 1. The molecule has 2 aliphatic heterocycles. The molecule has 0 fully saturated rings. The fourth-order valence-corrected chi connectivity index (χ4v) is 5.83. The quantitative estimate of drug-likeness (QED) is 0.535. The molecule has 0 radical (unpaired) electrons. The van der Waals surface area contributed by atoms with E-state index >= 15 is 0 Å². The van der Waals surface area contributed by atoms with Gasteiger partial charge in [-0.05, 0) is 59.6 Å². The number of nitrogens with one attached hydrogen (secondary N) is 3. The van der Waals surface area contributed by atoms with Crippen molar-refractivity contribution in [1.29, 1.82) is 0 Å². The average molecular weight is 463 g/mol. The van der Waals surface area contributed by atoms with Crippen molar-refractivity contribution < 1.29 is 13.2 Å². The number of carbonyl (C=O) groups excluding carboxylic acids is 1. The van der Waals surface area contributed by atoms with Crippen molar-refractivity contribution in [1.82, 2.24) is 10.2 Å². The number of rotatable bonds is 5. The molecule has 0 saturated carbocycles. The van der Waals surface area contributed by atoms with Crippen molar-refractivity contribution in [2.75, 3.05) is 24.2 Å². The summed E-state index contributed by atoms with van der Waals surface area (Å²) in [4.78, 5) is 14.9. The van der Waals surface area contributed by atoms with Gasteiger partial charge in [0.15, 0.2) is 9.84 Å². The molecule has 2 aliphatic rings. The van der Waals surface area contributed by atoms with Gasteiger partial charge in [0.05, 0.1) is 16.7 Å². The van der Waals surface area contributed by atoms with Crippen LogP contribution in [0.5, 0.6) is 0 Å². The van der Waals surface area contributed by atoms with Gasteiger partial charge in [-0.15, -0.1) is 0 Å². The van der Waals surface area contributed by atoms with Gasteiger partial charge in [0.1, 0.15) is 0 Å². The SMILES string of the molecule is CN1Cc2ccc(CS(=O)(=O)c3ccc(NC(=O)NC4CNc5ccccc54)cc3)cc2C1. The van der Waals surface area contributed by atoms with E-state index in [1.54, 1.807) is 24.3 Å². The number of fused-ring (bicyclic) bond motifs is 2. The van der Waals surface area contributed by atoms with Crippen molar-refractivity contribution in [3.05, 3.63) is 89.0 Å². The number of benzene rings is 3. The zero-order valence-corrected chi connectivity index (χ0v) is 19.2. The lowest BCUT2D eigenvalue weighted by molar-refractivity contribution is 0.249. The van der Waals surface area contributed by atoms with Crippen LogP contribution in [0.15, 0.2) is 71.6 Å². The largest absolute Gasteiger partial charge is 0.382 e. The standard InChI is InChI=1S/C25H26N4O3S/c1-29-14-18-7-6-17(12-19(18)15-29)16-33(31,32)21-10-8-20(9-11-21)27-25(30)28-24-13-26-23-5-3-2-4-22(23)24/h2-12,24,26H,13-16H2,1H3,(H2,27,28,30). The normalized spacial score (nSPS) is 17.2. The Labute approximate surface area is 193 Å². The Balaban J connectivity index is 1.22. The summed E-state index contributed by atoms with van der Waals surface area (Å²) in [6, 6.07) is 19.6. The van der Waals surface area contributed by atoms with Gasteiger partial charge in [0.25, 0.3) is 0 Å². The lowest BCUT2D eigenvalue weighted by atomic mass is 10.1. The first kappa shape index (κ1) is 21.5.